The van der Waals surface area contributed by atoms with Gasteiger partial charge in [-0.15, -0.1) is 0 Å². The van der Waals surface area contributed by atoms with Crippen LogP contribution in [0.2, 0.25) is 0 Å². The number of amides is 1. The van der Waals surface area contributed by atoms with Gasteiger partial charge in [0.2, 0.25) is 0 Å². The van der Waals surface area contributed by atoms with Crippen LogP contribution in [0.1, 0.15) is 67.1 Å². The van der Waals surface area contributed by atoms with Gasteiger partial charge in [0, 0.05) is 31.7 Å². The molecule has 0 aliphatic rings. The van der Waals surface area contributed by atoms with Crippen molar-refractivity contribution in [2.24, 2.45) is 13.0 Å². The summed E-state index contributed by atoms with van der Waals surface area (Å²) in [6.45, 7) is 8.06. The number of halogens is 1. The highest BCUT2D eigenvalue weighted by Gasteiger charge is 2.25. The normalized spacial score (nSPS) is 12.4. The smallest absolute Gasteiger partial charge is 0.330 e. The summed E-state index contributed by atoms with van der Waals surface area (Å²) < 4.78 is 16.8. The second-order valence-electron chi connectivity index (χ2n) is 9.57. The van der Waals surface area contributed by atoms with E-state index in [1.165, 1.54) is 16.7 Å². The Bertz CT molecular complexity index is 1530. The molecule has 0 spiro atoms. The molecule has 188 valence electrons. The quantitative estimate of drug-likeness (QED) is 0.411. The highest BCUT2D eigenvalue weighted by molar-refractivity contribution is 6.05. The Morgan fingerprint density at radius 3 is 2.42 bits per heavy atom. The van der Waals surface area contributed by atoms with Gasteiger partial charge in [-0.3, -0.25) is 19.1 Å². The van der Waals surface area contributed by atoms with E-state index in [0.29, 0.717) is 23.6 Å². The van der Waals surface area contributed by atoms with Crippen molar-refractivity contribution in [3.63, 3.8) is 0 Å². The molecule has 1 aromatic carbocycles. The monoisotopic (exact) mass is 492 g/mol. The van der Waals surface area contributed by atoms with E-state index in [1.54, 1.807) is 42.2 Å². The van der Waals surface area contributed by atoms with Crippen LogP contribution in [0.4, 0.5) is 4.39 Å². The summed E-state index contributed by atoms with van der Waals surface area (Å²) in [5.41, 5.74) is 0.210. The lowest BCUT2D eigenvalue weighted by Gasteiger charge is -2.21. The number of aryl methyl sites for hydroxylation is 1. The minimum atomic E-state index is -0.718. The number of pyridine rings is 1. The Morgan fingerprint density at radius 1 is 1.14 bits per heavy atom. The Hall–Kier alpha value is -4.08. The maximum atomic E-state index is 13.8. The zero-order chi connectivity index (χ0) is 26.1. The van der Waals surface area contributed by atoms with E-state index < -0.39 is 29.0 Å². The summed E-state index contributed by atoms with van der Waals surface area (Å²) in [7, 11) is 1.79. The summed E-state index contributed by atoms with van der Waals surface area (Å²) in [5.74, 6) is -0.375. The van der Waals surface area contributed by atoms with Crippen molar-refractivity contribution >= 4 is 16.9 Å². The minimum Gasteiger partial charge on any atom is -0.338 e. The van der Waals surface area contributed by atoms with Crippen LogP contribution < -0.4 is 16.6 Å². The van der Waals surface area contributed by atoms with Gasteiger partial charge in [0.05, 0.1) is 10.9 Å². The number of hydrogen-bond donors (Lipinski definition) is 2. The van der Waals surface area contributed by atoms with Crippen molar-refractivity contribution in [2.45, 2.75) is 46.2 Å². The second-order valence-corrected chi connectivity index (χ2v) is 9.57. The van der Waals surface area contributed by atoms with Gasteiger partial charge in [-0.1, -0.05) is 39.8 Å². The average molecular weight is 493 g/mol. The van der Waals surface area contributed by atoms with Gasteiger partial charge in [0.15, 0.2) is 5.65 Å². The maximum absolute atomic E-state index is 13.8. The SMILES string of the molecule is CC(C)Cn1c(=O)[nH]c(=O)c2c(C(=O)NC(c3ccc(F)cc3)c3nccn3C)cc(C(C)C)nc21. The Balaban J connectivity index is 1.91. The topological polar surface area (TPSA) is 115 Å². The van der Waals surface area contributed by atoms with Crippen molar-refractivity contribution in [3.05, 3.63) is 92.0 Å². The third kappa shape index (κ3) is 4.84. The van der Waals surface area contributed by atoms with Crippen LogP contribution in [0, 0.1) is 11.7 Å². The number of aromatic nitrogens is 5. The maximum Gasteiger partial charge on any atom is 0.330 e. The number of fused-ring (bicyclic) bond motifs is 1. The number of carbonyl (C=O) groups excluding carboxylic acids is 1. The molecule has 1 amide bonds. The number of rotatable bonds is 7. The summed E-state index contributed by atoms with van der Waals surface area (Å²) >= 11 is 0. The lowest BCUT2D eigenvalue weighted by atomic mass is 10.0. The summed E-state index contributed by atoms with van der Waals surface area (Å²) in [5, 5.41) is 3.00. The molecule has 0 aliphatic carbocycles. The molecule has 4 rings (SSSR count). The number of carbonyl (C=O) groups is 1. The first-order chi connectivity index (χ1) is 17.1. The molecule has 10 heteroatoms. The predicted molar refractivity (Wildman–Crippen MR) is 134 cm³/mol. The second kappa shape index (κ2) is 9.88. The van der Waals surface area contributed by atoms with E-state index in [9.17, 15) is 18.8 Å². The number of hydrogen-bond acceptors (Lipinski definition) is 5. The Morgan fingerprint density at radius 2 is 1.83 bits per heavy atom. The van der Waals surface area contributed by atoms with E-state index in [0.717, 1.165) is 0 Å². The highest BCUT2D eigenvalue weighted by atomic mass is 19.1. The van der Waals surface area contributed by atoms with Gasteiger partial charge in [0.25, 0.3) is 11.5 Å². The van der Waals surface area contributed by atoms with Crippen molar-refractivity contribution < 1.29 is 9.18 Å². The van der Waals surface area contributed by atoms with Crippen molar-refractivity contribution in [1.29, 1.82) is 0 Å². The molecule has 2 N–H and O–H groups in total. The zero-order valence-electron chi connectivity index (χ0n) is 20.9. The van der Waals surface area contributed by atoms with E-state index in [1.807, 2.05) is 27.7 Å². The fourth-order valence-corrected chi connectivity index (χ4v) is 4.12. The largest absolute Gasteiger partial charge is 0.338 e. The number of H-pyrrole nitrogens is 1. The van der Waals surface area contributed by atoms with Gasteiger partial charge in [-0.25, -0.2) is 19.2 Å². The van der Waals surface area contributed by atoms with Gasteiger partial charge in [-0.2, -0.15) is 0 Å². The number of benzene rings is 1. The van der Waals surface area contributed by atoms with Gasteiger partial charge in [0.1, 0.15) is 17.7 Å². The molecule has 0 saturated carbocycles. The van der Waals surface area contributed by atoms with Gasteiger partial charge >= 0.3 is 5.69 Å². The fraction of sp³-hybridized carbons (Fsp3) is 0.346. The minimum absolute atomic E-state index is 0.0369. The molecule has 36 heavy (non-hydrogen) atoms. The van der Waals surface area contributed by atoms with E-state index >= 15 is 0 Å². The van der Waals surface area contributed by atoms with Crippen LogP contribution in [0.15, 0.2) is 52.3 Å². The van der Waals surface area contributed by atoms with E-state index in [4.69, 9.17) is 0 Å². The molecular weight excluding hydrogens is 463 g/mol. The third-order valence-corrected chi connectivity index (χ3v) is 5.95. The molecule has 3 heterocycles. The van der Waals surface area contributed by atoms with Crippen LogP contribution >= 0.6 is 0 Å². The van der Waals surface area contributed by atoms with Crippen LogP contribution in [-0.2, 0) is 13.6 Å². The standard InChI is InChI=1S/C26H29FN6O3/c1-14(2)13-33-22-20(25(35)31-26(33)36)18(12-19(29-22)15(3)4)24(34)30-21(23-28-10-11-32(23)5)16-6-8-17(27)9-7-16/h6-12,14-15,21H,13H2,1-5H3,(H,30,34)(H,31,35,36). The number of aromatic amines is 1. The first kappa shape index (κ1) is 25.0. The molecule has 0 radical (unpaired) electrons. The summed E-state index contributed by atoms with van der Waals surface area (Å²) in [6.07, 6.45) is 3.35. The molecule has 1 atom stereocenters. The zero-order valence-corrected chi connectivity index (χ0v) is 20.9. The Labute approximate surface area is 207 Å². The summed E-state index contributed by atoms with van der Waals surface area (Å²) in [4.78, 5) is 50.7. The van der Waals surface area contributed by atoms with Crippen molar-refractivity contribution in [2.75, 3.05) is 0 Å². The molecule has 4 aromatic rings. The van der Waals surface area contributed by atoms with Gasteiger partial charge < -0.3 is 9.88 Å². The fourth-order valence-electron chi connectivity index (χ4n) is 4.12. The van der Waals surface area contributed by atoms with Crippen LogP contribution in [-0.4, -0.2) is 30.0 Å². The lowest BCUT2D eigenvalue weighted by molar-refractivity contribution is 0.0942. The van der Waals surface area contributed by atoms with Crippen molar-refractivity contribution in [1.82, 2.24) is 29.4 Å². The molecule has 0 saturated heterocycles. The molecule has 0 bridgehead atoms. The number of nitrogens with zero attached hydrogens (tertiary/aromatic N) is 4. The first-order valence-corrected chi connectivity index (χ1v) is 11.8. The van der Waals surface area contributed by atoms with Crippen molar-refractivity contribution in [3.8, 4) is 0 Å². The molecule has 1 unspecified atom stereocenters. The Kier molecular flexibility index (Phi) is 6.87. The molecule has 3 aromatic heterocycles. The average Bonchev–Trinajstić information content (AvgIpc) is 3.25. The number of imidazole rings is 1. The van der Waals surface area contributed by atoms with Crippen LogP contribution in [0.3, 0.4) is 0 Å². The van der Waals surface area contributed by atoms with Crippen LogP contribution in [0.25, 0.3) is 11.0 Å². The third-order valence-electron chi connectivity index (χ3n) is 5.95. The van der Waals surface area contributed by atoms with Crippen LogP contribution in [0.5, 0.6) is 0 Å². The molecular formula is C26H29FN6O3. The van der Waals surface area contributed by atoms with Gasteiger partial charge in [-0.05, 0) is 35.6 Å². The summed E-state index contributed by atoms with van der Waals surface area (Å²) in [6, 6.07) is 6.64. The molecule has 0 aliphatic heterocycles. The number of nitrogens with one attached hydrogen (secondary N) is 2. The lowest BCUT2D eigenvalue weighted by Crippen LogP contribution is -2.35. The highest BCUT2D eigenvalue weighted by Crippen LogP contribution is 2.24. The molecule has 9 nitrogen and oxygen atoms in total. The predicted octanol–water partition coefficient (Wildman–Crippen LogP) is 3.26. The molecule has 0 fully saturated rings. The van der Waals surface area contributed by atoms with E-state index in [-0.39, 0.29) is 28.4 Å². The van der Waals surface area contributed by atoms with E-state index in [2.05, 4.69) is 20.3 Å². The first-order valence-electron chi connectivity index (χ1n) is 11.8.